The number of carboxylic acids is 2. The van der Waals surface area contributed by atoms with Crippen molar-refractivity contribution in [2.24, 2.45) is 17.6 Å². The lowest BCUT2D eigenvalue weighted by Crippen LogP contribution is -2.57. The average molecular weight is 445 g/mol. The second-order valence-electron chi connectivity index (χ2n) is 8.18. The van der Waals surface area contributed by atoms with Gasteiger partial charge in [0, 0.05) is 6.42 Å². The van der Waals surface area contributed by atoms with Gasteiger partial charge in [-0.05, 0) is 31.6 Å². The van der Waals surface area contributed by atoms with Gasteiger partial charge < -0.3 is 31.9 Å². The number of carbonyl (C=O) groups is 5. The number of rotatable bonds is 14. The summed E-state index contributed by atoms with van der Waals surface area (Å²) in [5.41, 5.74) is 5.50. The van der Waals surface area contributed by atoms with Crippen molar-refractivity contribution in [2.45, 2.75) is 84.5 Å². The minimum atomic E-state index is -1.21. The Morgan fingerprint density at radius 3 is 1.77 bits per heavy atom. The average Bonchev–Trinajstić information content (AvgIpc) is 2.66. The number of nitrogens with one attached hydrogen (secondary N) is 3. The molecule has 5 unspecified atom stereocenters. The van der Waals surface area contributed by atoms with Gasteiger partial charge in [-0.25, -0.2) is 4.79 Å². The van der Waals surface area contributed by atoms with Gasteiger partial charge >= 0.3 is 11.9 Å². The van der Waals surface area contributed by atoms with Crippen LogP contribution in [-0.2, 0) is 24.0 Å². The highest BCUT2D eigenvalue weighted by atomic mass is 16.4. The second kappa shape index (κ2) is 13.6. The zero-order valence-corrected chi connectivity index (χ0v) is 18.8. The first-order chi connectivity index (χ1) is 14.3. The Hall–Kier alpha value is -2.69. The maximum Gasteiger partial charge on any atom is 0.326 e. The Kier molecular flexibility index (Phi) is 12.4. The Labute approximate surface area is 182 Å². The van der Waals surface area contributed by atoms with E-state index in [9.17, 15) is 29.1 Å². The molecule has 3 amide bonds. The monoisotopic (exact) mass is 444 g/mol. The number of nitrogens with two attached hydrogens (primary N) is 1. The molecule has 0 aliphatic carbocycles. The molecule has 0 aromatic heterocycles. The molecule has 0 aromatic rings. The third-order valence-corrected chi connectivity index (χ3v) is 4.81. The second-order valence-corrected chi connectivity index (χ2v) is 8.18. The van der Waals surface area contributed by atoms with E-state index in [-0.39, 0.29) is 31.1 Å². The van der Waals surface area contributed by atoms with Gasteiger partial charge in [-0.1, -0.05) is 34.1 Å². The van der Waals surface area contributed by atoms with Crippen molar-refractivity contribution in [2.75, 3.05) is 0 Å². The van der Waals surface area contributed by atoms with Crippen LogP contribution < -0.4 is 21.7 Å². The van der Waals surface area contributed by atoms with E-state index in [2.05, 4.69) is 16.0 Å². The summed E-state index contributed by atoms with van der Waals surface area (Å²) in [4.78, 5) is 59.9. The van der Waals surface area contributed by atoms with E-state index in [1.54, 1.807) is 13.8 Å². The van der Waals surface area contributed by atoms with E-state index in [1.807, 2.05) is 13.8 Å². The lowest BCUT2D eigenvalue weighted by atomic mass is 9.97. The van der Waals surface area contributed by atoms with Gasteiger partial charge in [0.2, 0.25) is 17.7 Å². The van der Waals surface area contributed by atoms with E-state index in [0.717, 1.165) is 0 Å². The van der Waals surface area contributed by atoms with Crippen LogP contribution in [0.2, 0.25) is 0 Å². The van der Waals surface area contributed by atoms with Crippen molar-refractivity contribution in [3.05, 3.63) is 0 Å². The van der Waals surface area contributed by atoms with Crippen molar-refractivity contribution in [3.63, 3.8) is 0 Å². The molecule has 0 bridgehead atoms. The molecule has 31 heavy (non-hydrogen) atoms. The van der Waals surface area contributed by atoms with E-state index < -0.39 is 53.8 Å². The molecule has 0 heterocycles. The SMILES string of the molecule is CCC(C)C(NC(=O)C(CC(C)C)NC(=O)C(CCC(=O)O)NC(=O)C(C)N)C(=O)O. The number of hydrogen-bond donors (Lipinski definition) is 6. The van der Waals surface area contributed by atoms with E-state index in [1.165, 1.54) is 6.92 Å². The summed E-state index contributed by atoms with van der Waals surface area (Å²) in [5.74, 6) is -4.72. The molecule has 0 saturated carbocycles. The predicted molar refractivity (Wildman–Crippen MR) is 113 cm³/mol. The van der Waals surface area contributed by atoms with Crippen LogP contribution >= 0.6 is 0 Å². The fraction of sp³-hybridized carbons (Fsp3) is 0.750. The van der Waals surface area contributed by atoms with Crippen molar-refractivity contribution in [1.29, 1.82) is 0 Å². The highest BCUT2D eigenvalue weighted by molar-refractivity contribution is 5.94. The number of hydrogen-bond acceptors (Lipinski definition) is 6. The Balaban J connectivity index is 5.52. The molecule has 11 heteroatoms. The summed E-state index contributed by atoms with van der Waals surface area (Å²) in [6.45, 7) is 8.57. The fourth-order valence-electron chi connectivity index (χ4n) is 2.75. The van der Waals surface area contributed by atoms with Gasteiger partial charge in [-0.2, -0.15) is 0 Å². The topological polar surface area (TPSA) is 188 Å². The van der Waals surface area contributed by atoms with E-state index in [0.29, 0.717) is 6.42 Å². The first kappa shape index (κ1) is 28.3. The third-order valence-electron chi connectivity index (χ3n) is 4.81. The van der Waals surface area contributed by atoms with Gasteiger partial charge in [-0.3, -0.25) is 19.2 Å². The minimum Gasteiger partial charge on any atom is -0.481 e. The van der Waals surface area contributed by atoms with E-state index >= 15 is 0 Å². The quantitative estimate of drug-likeness (QED) is 0.213. The Morgan fingerprint density at radius 1 is 0.839 bits per heavy atom. The minimum absolute atomic E-state index is 0.0148. The molecular formula is C20H36N4O7. The van der Waals surface area contributed by atoms with Crippen LogP contribution in [0.5, 0.6) is 0 Å². The normalized spacial score (nSPS) is 15.8. The van der Waals surface area contributed by atoms with Gasteiger partial charge in [0.05, 0.1) is 6.04 Å². The summed E-state index contributed by atoms with van der Waals surface area (Å²) in [6.07, 6.45) is 0.171. The lowest BCUT2D eigenvalue weighted by molar-refractivity contribution is -0.144. The summed E-state index contributed by atoms with van der Waals surface area (Å²) < 4.78 is 0. The highest BCUT2D eigenvalue weighted by Gasteiger charge is 2.32. The molecular weight excluding hydrogens is 408 g/mol. The van der Waals surface area contributed by atoms with Crippen LogP contribution in [0.4, 0.5) is 0 Å². The highest BCUT2D eigenvalue weighted by Crippen LogP contribution is 2.11. The molecule has 11 nitrogen and oxygen atoms in total. The number of carbonyl (C=O) groups excluding carboxylic acids is 3. The van der Waals surface area contributed by atoms with Gasteiger partial charge in [-0.15, -0.1) is 0 Å². The molecule has 0 saturated heterocycles. The van der Waals surface area contributed by atoms with Crippen molar-refractivity contribution in [1.82, 2.24) is 16.0 Å². The zero-order chi connectivity index (χ0) is 24.3. The fourth-order valence-corrected chi connectivity index (χ4v) is 2.75. The number of amides is 3. The standard InChI is InChI=1S/C20H36N4O7/c1-6-11(4)16(20(30)31)24-19(29)14(9-10(2)3)23-18(28)13(7-8-15(25)26)22-17(27)12(5)21/h10-14,16H,6-9,21H2,1-5H3,(H,22,27)(H,23,28)(H,24,29)(H,25,26)(H,30,31). The van der Waals surface area contributed by atoms with E-state index in [4.69, 9.17) is 10.8 Å². The van der Waals surface area contributed by atoms with Crippen LogP contribution in [0, 0.1) is 11.8 Å². The van der Waals surface area contributed by atoms with Gasteiger partial charge in [0.15, 0.2) is 0 Å². The summed E-state index contributed by atoms with van der Waals surface area (Å²) >= 11 is 0. The Bertz CT molecular complexity index is 651. The summed E-state index contributed by atoms with van der Waals surface area (Å²) in [5, 5.41) is 25.7. The number of carboxylic acid groups (broad SMARTS) is 2. The number of aliphatic carboxylic acids is 2. The molecule has 0 aliphatic heterocycles. The van der Waals surface area contributed by atoms with Gasteiger partial charge in [0.25, 0.3) is 0 Å². The molecule has 178 valence electrons. The first-order valence-electron chi connectivity index (χ1n) is 10.4. The predicted octanol–water partition coefficient (Wildman–Crippen LogP) is -0.170. The van der Waals surface area contributed by atoms with Crippen LogP contribution in [0.1, 0.15) is 60.3 Å². The van der Waals surface area contributed by atoms with Gasteiger partial charge in [0.1, 0.15) is 18.1 Å². The van der Waals surface area contributed by atoms with Crippen LogP contribution in [0.25, 0.3) is 0 Å². The van der Waals surface area contributed by atoms with Crippen molar-refractivity contribution >= 4 is 29.7 Å². The van der Waals surface area contributed by atoms with Crippen molar-refractivity contribution in [3.8, 4) is 0 Å². The molecule has 0 fully saturated rings. The van der Waals surface area contributed by atoms with Crippen LogP contribution in [0.15, 0.2) is 0 Å². The molecule has 0 spiro atoms. The molecule has 5 atom stereocenters. The smallest absolute Gasteiger partial charge is 0.326 e. The van der Waals surface area contributed by atoms with Crippen molar-refractivity contribution < 1.29 is 34.2 Å². The molecule has 0 aliphatic rings. The summed E-state index contributed by atoms with van der Waals surface area (Å²) in [7, 11) is 0. The molecule has 0 aromatic carbocycles. The summed E-state index contributed by atoms with van der Waals surface area (Å²) in [6, 6.07) is -4.30. The lowest BCUT2D eigenvalue weighted by Gasteiger charge is -2.27. The van der Waals surface area contributed by atoms with Crippen LogP contribution in [-0.4, -0.2) is 64.0 Å². The largest absolute Gasteiger partial charge is 0.481 e. The van der Waals surface area contributed by atoms with Crippen LogP contribution in [0.3, 0.4) is 0 Å². The maximum atomic E-state index is 12.8. The zero-order valence-electron chi connectivity index (χ0n) is 18.8. The molecule has 7 N–H and O–H groups in total. The Morgan fingerprint density at radius 2 is 1.35 bits per heavy atom. The molecule has 0 rings (SSSR count). The maximum absolute atomic E-state index is 12.8. The first-order valence-corrected chi connectivity index (χ1v) is 10.4. The molecule has 0 radical (unpaired) electrons. The third kappa shape index (κ3) is 10.8.